The number of nitro benzene ring substituents is 1. The Morgan fingerprint density at radius 3 is 2.58 bits per heavy atom. The maximum Gasteiger partial charge on any atom is 0.418 e. The van der Waals surface area contributed by atoms with E-state index in [1.165, 1.54) is 17.7 Å². The Bertz CT molecular complexity index is 1340. The Balaban J connectivity index is 1.52. The molecule has 0 radical (unpaired) electrons. The summed E-state index contributed by atoms with van der Waals surface area (Å²) in [6, 6.07) is 13.7. The third kappa shape index (κ3) is 5.12. The minimum absolute atomic E-state index is 0.211. The Kier molecular flexibility index (Phi) is 6.29. The van der Waals surface area contributed by atoms with Gasteiger partial charge in [-0.2, -0.15) is 13.2 Å². The maximum atomic E-state index is 13.3. The number of rotatable bonds is 6. The lowest BCUT2D eigenvalue weighted by Crippen LogP contribution is -2.18. The maximum absolute atomic E-state index is 13.3. The number of nitro groups is 1. The number of non-ortho nitro benzene ring substituents is 1. The number of carbonyl (C=O) groups excluding carboxylic acids is 1. The van der Waals surface area contributed by atoms with Gasteiger partial charge in [0.2, 0.25) is 5.91 Å². The molecule has 0 atom stereocenters. The van der Waals surface area contributed by atoms with E-state index in [9.17, 15) is 28.1 Å². The van der Waals surface area contributed by atoms with Crippen LogP contribution in [-0.4, -0.2) is 26.6 Å². The van der Waals surface area contributed by atoms with Crippen molar-refractivity contribution < 1.29 is 22.9 Å². The Labute approximate surface area is 192 Å². The van der Waals surface area contributed by atoms with Crippen molar-refractivity contribution >= 4 is 50.6 Å². The zero-order valence-electron chi connectivity index (χ0n) is 16.5. The van der Waals surface area contributed by atoms with E-state index in [4.69, 9.17) is 0 Å². The lowest BCUT2D eigenvalue weighted by molar-refractivity contribution is -0.385. The number of alkyl halides is 3. The molecular weight excluding hydrogens is 477 g/mol. The number of anilines is 1. The van der Waals surface area contributed by atoms with E-state index in [0.29, 0.717) is 11.1 Å². The summed E-state index contributed by atoms with van der Waals surface area (Å²) in [7, 11) is 0. The number of halogens is 3. The molecule has 2 aromatic heterocycles. The molecule has 0 fully saturated rings. The van der Waals surface area contributed by atoms with Crippen LogP contribution in [-0.2, 0) is 11.0 Å². The smallest absolute Gasteiger partial charge is 0.325 e. The van der Waals surface area contributed by atoms with Gasteiger partial charge in [-0.1, -0.05) is 42.1 Å². The van der Waals surface area contributed by atoms with Crippen molar-refractivity contribution in [3.63, 3.8) is 0 Å². The molecule has 33 heavy (non-hydrogen) atoms. The molecule has 4 aromatic rings. The number of hydrogen-bond acceptors (Lipinski definition) is 7. The predicted molar refractivity (Wildman–Crippen MR) is 120 cm³/mol. The molecule has 1 N–H and O–H groups in total. The third-order valence-electron chi connectivity index (χ3n) is 4.48. The number of amides is 1. The van der Waals surface area contributed by atoms with Crippen LogP contribution in [0.15, 0.2) is 66.0 Å². The van der Waals surface area contributed by atoms with Crippen LogP contribution < -0.4 is 5.32 Å². The minimum atomic E-state index is -4.87. The summed E-state index contributed by atoms with van der Waals surface area (Å²) in [4.78, 5) is 32.4. The van der Waals surface area contributed by atoms with Crippen molar-refractivity contribution in [3.05, 3.63) is 76.6 Å². The first-order chi connectivity index (χ1) is 15.7. The first-order valence-corrected chi connectivity index (χ1v) is 11.1. The normalized spacial score (nSPS) is 11.5. The van der Waals surface area contributed by atoms with Gasteiger partial charge >= 0.3 is 6.18 Å². The van der Waals surface area contributed by atoms with Crippen LogP contribution in [0.5, 0.6) is 0 Å². The second-order valence-electron chi connectivity index (χ2n) is 6.70. The lowest BCUT2D eigenvalue weighted by Gasteiger charge is -2.13. The number of nitrogens with one attached hydrogen (secondary N) is 1. The van der Waals surface area contributed by atoms with Crippen molar-refractivity contribution in [2.45, 2.75) is 11.2 Å². The third-order valence-corrected chi connectivity index (χ3v) is 6.58. The summed E-state index contributed by atoms with van der Waals surface area (Å²) in [5.41, 5.74) is -1.55. The van der Waals surface area contributed by atoms with E-state index in [0.717, 1.165) is 44.6 Å². The fourth-order valence-electron chi connectivity index (χ4n) is 3.00. The van der Waals surface area contributed by atoms with Crippen LogP contribution in [0.4, 0.5) is 24.5 Å². The molecule has 0 bridgehead atoms. The highest BCUT2D eigenvalue weighted by Gasteiger charge is 2.35. The highest BCUT2D eigenvalue weighted by Crippen LogP contribution is 2.38. The van der Waals surface area contributed by atoms with Crippen LogP contribution >= 0.6 is 23.1 Å². The number of thiophene rings is 1. The van der Waals surface area contributed by atoms with Gasteiger partial charge in [0.15, 0.2) is 0 Å². The second-order valence-corrected chi connectivity index (χ2v) is 8.69. The molecule has 1 amide bonds. The van der Waals surface area contributed by atoms with Gasteiger partial charge in [-0.25, -0.2) is 9.97 Å². The van der Waals surface area contributed by atoms with Crippen LogP contribution in [0.25, 0.3) is 20.7 Å². The van der Waals surface area contributed by atoms with Crippen LogP contribution in [0.3, 0.4) is 0 Å². The molecule has 7 nitrogen and oxygen atoms in total. The van der Waals surface area contributed by atoms with Gasteiger partial charge in [0.05, 0.1) is 21.9 Å². The van der Waals surface area contributed by atoms with E-state index in [1.54, 1.807) is 0 Å². The van der Waals surface area contributed by atoms with E-state index < -0.39 is 33.9 Å². The average molecular weight is 490 g/mol. The van der Waals surface area contributed by atoms with Crippen LogP contribution in [0, 0.1) is 10.1 Å². The number of fused-ring (bicyclic) bond motifs is 1. The largest absolute Gasteiger partial charge is 0.418 e. The summed E-state index contributed by atoms with van der Waals surface area (Å²) in [5.74, 6) is -0.915. The molecule has 0 aliphatic heterocycles. The monoisotopic (exact) mass is 490 g/mol. The highest BCUT2D eigenvalue weighted by molar-refractivity contribution is 8.00. The standard InChI is InChI=1S/C21H13F3N4O3S2/c22-21(23,24)15-8-13(28(30)31)6-7-16(15)27-18(29)10-32-19-14-9-17(12-4-2-1-3-5-12)33-20(14)26-11-25-19/h1-9,11H,10H2,(H,27,29). The Morgan fingerprint density at radius 1 is 1.12 bits per heavy atom. The van der Waals surface area contributed by atoms with Crippen molar-refractivity contribution in [3.8, 4) is 10.4 Å². The highest BCUT2D eigenvalue weighted by atomic mass is 32.2. The number of carbonyl (C=O) groups is 1. The molecule has 0 unspecified atom stereocenters. The zero-order valence-corrected chi connectivity index (χ0v) is 18.1. The van der Waals surface area contributed by atoms with Gasteiger partial charge in [-0.05, 0) is 17.7 Å². The van der Waals surface area contributed by atoms with Crippen molar-refractivity contribution in [2.75, 3.05) is 11.1 Å². The topological polar surface area (TPSA) is 98.0 Å². The fourth-order valence-corrected chi connectivity index (χ4v) is 4.84. The summed E-state index contributed by atoms with van der Waals surface area (Å²) in [6.07, 6.45) is -3.50. The van der Waals surface area contributed by atoms with Gasteiger partial charge < -0.3 is 5.32 Å². The summed E-state index contributed by atoms with van der Waals surface area (Å²) in [5, 5.41) is 14.3. The first-order valence-electron chi connectivity index (χ1n) is 9.30. The number of thioether (sulfide) groups is 1. The summed E-state index contributed by atoms with van der Waals surface area (Å²) < 4.78 is 39.9. The quantitative estimate of drug-likeness (QED) is 0.154. The fraction of sp³-hybridized carbons (Fsp3) is 0.0952. The van der Waals surface area contributed by atoms with E-state index in [1.807, 2.05) is 36.4 Å². The SMILES string of the molecule is O=C(CSc1ncnc2sc(-c3ccccc3)cc12)Nc1ccc([N+](=O)[O-])cc1C(F)(F)F. The van der Waals surface area contributed by atoms with E-state index in [-0.39, 0.29) is 5.75 Å². The average Bonchev–Trinajstić information content (AvgIpc) is 3.23. The van der Waals surface area contributed by atoms with Gasteiger partial charge in [0.25, 0.3) is 5.69 Å². The molecule has 0 aliphatic rings. The molecule has 168 valence electrons. The predicted octanol–water partition coefficient (Wildman–Crippen LogP) is 6.02. The molecule has 0 spiro atoms. The summed E-state index contributed by atoms with van der Waals surface area (Å²) >= 11 is 2.53. The molecule has 2 aromatic carbocycles. The molecule has 0 aliphatic carbocycles. The Morgan fingerprint density at radius 2 is 1.88 bits per heavy atom. The van der Waals surface area contributed by atoms with Crippen molar-refractivity contribution in [2.24, 2.45) is 0 Å². The van der Waals surface area contributed by atoms with Gasteiger partial charge in [-0.3, -0.25) is 14.9 Å². The molecule has 12 heteroatoms. The number of nitrogens with zero attached hydrogens (tertiary/aromatic N) is 3. The number of benzene rings is 2. The van der Waals surface area contributed by atoms with Crippen LogP contribution in [0.2, 0.25) is 0 Å². The van der Waals surface area contributed by atoms with Crippen LogP contribution in [0.1, 0.15) is 5.56 Å². The summed E-state index contributed by atoms with van der Waals surface area (Å²) in [6.45, 7) is 0. The zero-order chi connectivity index (χ0) is 23.6. The molecule has 2 heterocycles. The molecular formula is C21H13F3N4O3S2. The minimum Gasteiger partial charge on any atom is -0.325 e. The van der Waals surface area contributed by atoms with Crippen molar-refractivity contribution in [1.29, 1.82) is 0 Å². The Hall–Kier alpha value is -3.51. The number of hydrogen-bond donors (Lipinski definition) is 1. The first kappa shape index (κ1) is 22.7. The van der Waals surface area contributed by atoms with E-state index in [2.05, 4.69) is 15.3 Å². The lowest BCUT2D eigenvalue weighted by atomic mass is 10.1. The molecule has 4 rings (SSSR count). The van der Waals surface area contributed by atoms with Gasteiger partial charge in [-0.15, -0.1) is 11.3 Å². The second kappa shape index (κ2) is 9.16. The van der Waals surface area contributed by atoms with Gasteiger partial charge in [0.1, 0.15) is 16.2 Å². The van der Waals surface area contributed by atoms with Crippen molar-refractivity contribution in [1.82, 2.24) is 9.97 Å². The number of aromatic nitrogens is 2. The molecule has 0 saturated carbocycles. The van der Waals surface area contributed by atoms with E-state index >= 15 is 0 Å². The molecule has 0 saturated heterocycles. The van der Waals surface area contributed by atoms with Gasteiger partial charge in [0, 0.05) is 22.4 Å².